The predicted molar refractivity (Wildman–Crippen MR) is 84.8 cm³/mol. The van der Waals surface area contributed by atoms with E-state index in [9.17, 15) is 0 Å². The first-order valence-electron chi connectivity index (χ1n) is 6.94. The number of halogens is 1. The SMILES string of the molecule is BrC(CCc1csc2ccccc12)C1CCCC1. The standard InChI is InChI=1S/C16H19BrS/c17-15(12-5-1-2-6-12)10-9-13-11-18-16-8-4-3-7-14(13)16/h3-4,7-8,11-12,15H,1-2,5-6,9-10H2. The zero-order valence-electron chi connectivity index (χ0n) is 10.6. The third kappa shape index (κ3) is 2.65. The van der Waals surface area contributed by atoms with Crippen molar-refractivity contribution in [2.45, 2.75) is 43.4 Å². The lowest BCUT2D eigenvalue weighted by molar-refractivity contribution is 0.506. The van der Waals surface area contributed by atoms with E-state index in [1.165, 1.54) is 54.2 Å². The van der Waals surface area contributed by atoms with E-state index in [0.717, 1.165) is 10.7 Å². The second kappa shape index (κ2) is 5.75. The molecule has 0 nitrogen and oxygen atoms in total. The molecule has 0 N–H and O–H groups in total. The molecule has 1 heterocycles. The number of hydrogen-bond acceptors (Lipinski definition) is 1. The Labute approximate surface area is 122 Å². The van der Waals surface area contributed by atoms with Crippen LogP contribution in [0.4, 0.5) is 0 Å². The van der Waals surface area contributed by atoms with E-state index in [1.807, 2.05) is 11.3 Å². The summed E-state index contributed by atoms with van der Waals surface area (Å²) in [5.74, 6) is 0.926. The van der Waals surface area contributed by atoms with Crippen LogP contribution in [0, 0.1) is 5.92 Å². The molecule has 1 aliphatic rings. The lowest BCUT2D eigenvalue weighted by atomic mass is 9.98. The van der Waals surface area contributed by atoms with E-state index in [-0.39, 0.29) is 0 Å². The first kappa shape index (κ1) is 12.7. The molecule has 18 heavy (non-hydrogen) atoms. The average Bonchev–Trinajstić information content (AvgIpc) is 3.06. The van der Waals surface area contributed by atoms with E-state index in [4.69, 9.17) is 0 Å². The quantitative estimate of drug-likeness (QED) is 0.625. The summed E-state index contributed by atoms with van der Waals surface area (Å²) in [5.41, 5.74) is 1.54. The summed E-state index contributed by atoms with van der Waals surface area (Å²) < 4.78 is 1.43. The minimum atomic E-state index is 0.721. The lowest BCUT2D eigenvalue weighted by Crippen LogP contribution is -2.11. The Morgan fingerprint density at radius 3 is 2.83 bits per heavy atom. The molecule has 1 saturated carbocycles. The van der Waals surface area contributed by atoms with Gasteiger partial charge in [0.1, 0.15) is 0 Å². The van der Waals surface area contributed by atoms with Gasteiger partial charge in [-0.25, -0.2) is 0 Å². The van der Waals surface area contributed by atoms with Gasteiger partial charge in [-0.05, 0) is 54.0 Å². The van der Waals surface area contributed by atoms with Gasteiger partial charge in [0, 0.05) is 9.53 Å². The summed E-state index contributed by atoms with van der Waals surface area (Å²) in [6.45, 7) is 0. The van der Waals surface area contributed by atoms with Crippen molar-refractivity contribution in [2.24, 2.45) is 5.92 Å². The molecule has 2 heteroatoms. The minimum Gasteiger partial charge on any atom is -0.144 e. The van der Waals surface area contributed by atoms with Crippen LogP contribution in [-0.2, 0) is 6.42 Å². The maximum absolute atomic E-state index is 3.92. The highest BCUT2D eigenvalue weighted by molar-refractivity contribution is 9.09. The van der Waals surface area contributed by atoms with Crippen molar-refractivity contribution < 1.29 is 0 Å². The Morgan fingerprint density at radius 1 is 1.22 bits per heavy atom. The topological polar surface area (TPSA) is 0 Å². The second-order valence-electron chi connectivity index (χ2n) is 5.36. The Hall–Kier alpha value is -0.340. The average molecular weight is 323 g/mol. The van der Waals surface area contributed by atoms with Gasteiger partial charge in [0.2, 0.25) is 0 Å². The molecule has 1 atom stereocenters. The van der Waals surface area contributed by atoms with Crippen molar-refractivity contribution in [3.63, 3.8) is 0 Å². The molecule has 0 aliphatic heterocycles. The Morgan fingerprint density at radius 2 is 2.00 bits per heavy atom. The number of alkyl halides is 1. The van der Waals surface area contributed by atoms with E-state index in [2.05, 4.69) is 45.6 Å². The zero-order chi connectivity index (χ0) is 12.4. The second-order valence-corrected chi connectivity index (χ2v) is 7.44. The highest BCUT2D eigenvalue weighted by atomic mass is 79.9. The highest BCUT2D eigenvalue weighted by Gasteiger charge is 2.22. The fourth-order valence-corrected chi connectivity index (χ4v) is 4.83. The molecule has 2 aromatic rings. The minimum absolute atomic E-state index is 0.721. The molecule has 0 spiro atoms. The van der Waals surface area contributed by atoms with Crippen LogP contribution in [-0.4, -0.2) is 4.83 Å². The third-order valence-corrected chi connectivity index (χ3v) is 6.38. The first-order valence-corrected chi connectivity index (χ1v) is 8.73. The third-order valence-electron chi connectivity index (χ3n) is 4.16. The largest absolute Gasteiger partial charge is 0.144 e. The normalized spacial score (nSPS) is 18.5. The highest BCUT2D eigenvalue weighted by Crippen LogP contribution is 2.34. The van der Waals surface area contributed by atoms with E-state index in [0.29, 0.717) is 0 Å². The maximum atomic E-state index is 3.92. The van der Waals surface area contributed by atoms with Crippen molar-refractivity contribution in [1.29, 1.82) is 0 Å². The summed E-state index contributed by atoms with van der Waals surface area (Å²) >= 11 is 5.80. The van der Waals surface area contributed by atoms with Gasteiger partial charge >= 0.3 is 0 Å². The van der Waals surface area contributed by atoms with Gasteiger partial charge in [-0.15, -0.1) is 11.3 Å². The Balaban J connectivity index is 1.65. The maximum Gasteiger partial charge on any atom is 0.0345 e. The summed E-state index contributed by atoms with van der Waals surface area (Å²) in [6, 6.07) is 8.78. The number of aryl methyl sites for hydroxylation is 1. The van der Waals surface area contributed by atoms with Crippen LogP contribution in [0.15, 0.2) is 29.6 Å². The summed E-state index contributed by atoms with van der Waals surface area (Å²) in [4.78, 5) is 0.721. The molecule has 0 amide bonds. The molecule has 0 radical (unpaired) electrons. The fourth-order valence-electron chi connectivity index (χ4n) is 3.07. The molecule has 0 bridgehead atoms. The lowest BCUT2D eigenvalue weighted by Gasteiger charge is -2.16. The van der Waals surface area contributed by atoms with Crippen LogP contribution in [0.5, 0.6) is 0 Å². The summed E-state index contributed by atoms with van der Waals surface area (Å²) in [7, 11) is 0. The van der Waals surface area contributed by atoms with E-state index in [1.54, 1.807) is 0 Å². The number of thiophene rings is 1. The molecular weight excluding hydrogens is 304 g/mol. The predicted octanol–water partition coefficient (Wildman–Crippen LogP) is 5.79. The summed E-state index contributed by atoms with van der Waals surface area (Å²) in [5, 5.41) is 3.81. The number of hydrogen-bond donors (Lipinski definition) is 0. The Kier molecular flexibility index (Phi) is 4.05. The first-order chi connectivity index (χ1) is 8.84. The molecule has 96 valence electrons. The Bertz CT molecular complexity index is 511. The van der Waals surface area contributed by atoms with Crippen LogP contribution in [0.25, 0.3) is 10.1 Å². The van der Waals surface area contributed by atoms with Crippen LogP contribution in [0.2, 0.25) is 0 Å². The van der Waals surface area contributed by atoms with Crippen molar-refractivity contribution in [2.75, 3.05) is 0 Å². The number of rotatable bonds is 4. The molecule has 1 aromatic carbocycles. The van der Waals surface area contributed by atoms with Crippen molar-refractivity contribution in [1.82, 2.24) is 0 Å². The van der Waals surface area contributed by atoms with Gasteiger partial charge in [0.15, 0.2) is 0 Å². The van der Waals surface area contributed by atoms with Crippen molar-refractivity contribution in [3.8, 4) is 0 Å². The molecular formula is C16H19BrS. The monoisotopic (exact) mass is 322 g/mol. The number of benzene rings is 1. The van der Waals surface area contributed by atoms with Crippen molar-refractivity contribution in [3.05, 3.63) is 35.2 Å². The van der Waals surface area contributed by atoms with Crippen LogP contribution in [0.1, 0.15) is 37.7 Å². The molecule has 3 rings (SSSR count). The van der Waals surface area contributed by atoms with Gasteiger partial charge in [0.25, 0.3) is 0 Å². The van der Waals surface area contributed by atoms with Gasteiger partial charge in [-0.3, -0.25) is 0 Å². The van der Waals surface area contributed by atoms with Crippen LogP contribution < -0.4 is 0 Å². The molecule has 1 aromatic heterocycles. The van der Waals surface area contributed by atoms with E-state index >= 15 is 0 Å². The summed E-state index contributed by atoms with van der Waals surface area (Å²) in [6.07, 6.45) is 8.24. The fraction of sp³-hybridized carbons (Fsp3) is 0.500. The molecule has 1 fully saturated rings. The van der Waals surface area contributed by atoms with Crippen LogP contribution >= 0.6 is 27.3 Å². The van der Waals surface area contributed by atoms with Gasteiger partial charge in [0.05, 0.1) is 0 Å². The van der Waals surface area contributed by atoms with E-state index < -0.39 is 0 Å². The smallest absolute Gasteiger partial charge is 0.0345 e. The van der Waals surface area contributed by atoms with Gasteiger partial charge < -0.3 is 0 Å². The molecule has 1 aliphatic carbocycles. The number of fused-ring (bicyclic) bond motifs is 1. The van der Waals surface area contributed by atoms with Gasteiger partial charge in [-0.2, -0.15) is 0 Å². The molecule has 1 unspecified atom stereocenters. The zero-order valence-corrected chi connectivity index (χ0v) is 13.0. The van der Waals surface area contributed by atoms with Crippen molar-refractivity contribution >= 4 is 37.4 Å². The molecule has 0 saturated heterocycles. The van der Waals surface area contributed by atoms with Crippen LogP contribution in [0.3, 0.4) is 0 Å². The van der Waals surface area contributed by atoms with Gasteiger partial charge in [-0.1, -0.05) is 47.0 Å².